The lowest BCUT2D eigenvalue weighted by Gasteiger charge is -2.47. The zero-order valence-corrected chi connectivity index (χ0v) is 21.7. The summed E-state index contributed by atoms with van der Waals surface area (Å²) in [4.78, 5) is 16.0. The van der Waals surface area contributed by atoms with Crippen molar-refractivity contribution in [3.63, 3.8) is 0 Å². The van der Waals surface area contributed by atoms with Crippen molar-refractivity contribution in [3.8, 4) is 11.5 Å². The average Bonchev–Trinajstić information content (AvgIpc) is 3.34. The smallest absolute Gasteiger partial charge is 0.187 e. The second-order valence-corrected chi connectivity index (χ2v) is 11.5. The number of fused-ring (bicyclic) bond motifs is 5. The van der Waals surface area contributed by atoms with Gasteiger partial charge in [-0.3, -0.25) is 5.10 Å². The molecule has 37 heavy (non-hydrogen) atoms. The van der Waals surface area contributed by atoms with E-state index in [1.54, 1.807) is 6.20 Å². The number of nitrogens with zero attached hydrogens (tertiary/aromatic N) is 5. The summed E-state index contributed by atoms with van der Waals surface area (Å²) in [6, 6.07) is 10.2. The highest BCUT2D eigenvalue weighted by atomic mass is 35.5. The van der Waals surface area contributed by atoms with E-state index in [0.29, 0.717) is 71.0 Å². The molecule has 2 unspecified atom stereocenters. The Morgan fingerprint density at radius 3 is 2.68 bits per heavy atom. The van der Waals surface area contributed by atoms with Crippen LogP contribution < -0.4 is 4.90 Å². The molecule has 190 valence electrons. The largest absolute Gasteiger partial charge is 0.349 e. The van der Waals surface area contributed by atoms with Crippen molar-refractivity contribution in [2.24, 2.45) is 23.7 Å². The second kappa shape index (κ2) is 9.05. The first kappa shape index (κ1) is 23.1. The first-order valence-corrected chi connectivity index (χ1v) is 13.8. The highest BCUT2D eigenvalue weighted by molar-refractivity contribution is 6.31. The van der Waals surface area contributed by atoms with Gasteiger partial charge in [0, 0.05) is 19.3 Å². The first-order valence-electron chi connectivity index (χ1n) is 13.4. The minimum Gasteiger partial charge on any atom is -0.349 e. The monoisotopic (exact) mass is 516 g/mol. The molecule has 2 atom stereocenters. The topological polar surface area (TPSA) is 70.6 Å². The predicted molar refractivity (Wildman–Crippen MR) is 143 cm³/mol. The van der Waals surface area contributed by atoms with E-state index in [2.05, 4.69) is 45.2 Å². The molecular formula is C29H30ClFN6. The van der Waals surface area contributed by atoms with E-state index < -0.39 is 0 Å². The Kier molecular flexibility index (Phi) is 5.65. The van der Waals surface area contributed by atoms with Crippen LogP contribution in [0.25, 0.3) is 22.6 Å². The summed E-state index contributed by atoms with van der Waals surface area (Å²) in [5.74, 6) is 2.99. The van der Waals surface area contributed by atoms with Gasteiger partial charge >= 0.3 is 0 Å². The third-order valence-corrected chi connectivity index (χ3v) is 9.41. The van der Waals surface area contributed by atoms with Crippen molar-refractivity contribution in [3.05, 3.63) is 64.2 Å². The van der Waals surface area contributed by atoms with E-state index >= 15 is 4.39 Å². The minimum absolute atomic E-state index is 0.281. The van der Waals surface area contributed by atoms with Gasteiger partial charge in [0.15, 0.2) is 23.1 Å². The van der Waals surface area contributed by atoms with Crippen LogP contribution in [-0.2, 0) is 19.4 Å². The molecule has 0 spiro atoms. The molecule has 6 nitrogen and oxygen atoms in total. The Labute approximate surface area is 220 Å². The standard InChI is InChI=1S/C29H30ClFN6/c1-16-17-6-8-19(9-7-17)22(16)13-24-25(31)29(37-11-10-18-4-2-3-5-20(18)15-37)34-28(33-24)26-23-12-21(30)14-32-27(23)36-35-26/h2-5,12,14,16-17,19,22H,6-11,13,15H2,1H3,(H,32,35,36). The zero-order chi connectivity index (χ0) is 25.1. The maximum absolute atomic E-state index is 16.3. The van der Waals surface area contributed by atoms with Crippen LogP contribution in [0, 0.1) is 29.5 Å². The van der Waals surface area contributed by atoms with Gasteiger partial charge in [-0.25, -0.2) is 19.3 Å². The highest BCUT2D eigenvalue weighted by Gasteiger charge is 2.42. The summed E-state index contributed by atoms with van der Waals surface area (Å²) >= 11 is 6.26. The van der Waals surface area contributed by atoms with Crippen molar-refractivity contribution in [1.29, 1.82) is 0 Å². The Hall–Kier alpha value is -3.06. The lowest BCUT2D eigenvalue weighted by molar-refractivity contribution is 0.0334. The van der Waals surface area contributed by atoms with Gasteiger partial charge < -0.3 is 4.90 Å². The summed E-state index contributed by atoms with van der Waals surface area (Å²) in [6.07, 6.45) is 8.21. The molecular weight excluding hydrogens is 487 g/mol. The molecule has 3 saturated carbocycles. The normalized spacial score (nSPS) is 25.0. The van der Waals surface area contributed by atoms with Gasteiger partial charge in [-0.2, -0.15) is 5.10 Å². The van der Waals surface area contributed by atoms with E-state index in [1.165, 1.54) is 36.8 Å². The molecule has 8 rings (SSSR count). The first-order chi connectivity index (χ1) is 18.0. The minimum atomic E-state index is -0.281. The van der Waals surface area contributed by atoms with Crippen molar-refractivity contribution in [2.75, 3.05) is 11.4 Å². The van der Waals surface area contributed by atoms with Gasteiger partial charge in [0.2, 0.25) is 0 Å². The van der Waals surface area contributed by atoms with Gasteiger partial charge in [0.25, 0.3) is 0 Å². The Balaban J connectivity index is 1.33. The Bertz CT molecular complexity index is 1470. The fourth-order valence-electron chi connectivity index (χ4n) is 7.11. The van der Waals surface area contributed by atoms with Gasteiger partial charge in [0.05, 0.1) is 16.1 Å². The molecule has 1 aliphatic heterocycles. The molecule has 3 aromatic heterocycles. The molecule has 4 aromatic rings. The molecule has 0 amide bonds. The second-order valence-electron chi connectivity index (χ2n) is 11.1. The van der Waals surface area contributed by atoms with Crippen LogP contribution in [0.3, 0.4) is 0 Å². The number of hydrogen-bond acceptors (Lipinski definition) is 5. The molecule has 4 heterocycles. The van der Waals surface area contributed by atoms with Gasteiger partial charge in [-0.15, -0.1) is 0 Å². The Morgan fingerprint density at radius 1 is 1.08 bits per heavy atom. The molecule has 3 aliphatic carbocycles. The molecule has 0 radical (unpaired) electrons. The highest BCUT2D eigenvalue weighted by Crippen LogP contribution is 2.50. The quantitative estimate of drug-likeness (QED) is 0.340. The van der Waals surface area contributed by atoms with Crippen molar-refractivity contribution >= 4 is 28.5 Å². The fourth-order valence-corrected chi connectivity index (χ4v) is 7.27. The van der Waals surface area contributed by atoms with Crippen LogP contribution in [-0.4, -0.2) is 31.7 Å². The van der Waals surface area contributed by atoms with Gasteiger partial charge in [0.1, 0.15) is 5.69 Å². The number of halogens is 2. The summed E-state index contributed by atoms with van der Waals surface area (Å²) in [5, 5.41) is 8.64. The van der Waals surface area contributed by atoms with E-state index in [1.807, 2.05) is 12.1 Å². The van der Waals surface area contributed by atoms with Gasteiger partial charge in [-0.1, -0.05) is 42.8 Å². The predicted octanol–water partition coefficient (Wildman–Crippen LogP) is 6.38. The SMILES string of the molecule is CC1C2CCC(CC2)C1Cc1nc(-c2[nH]nc3ncc(Cl)cc23)nc(N2CCc3ccccc3C2)c1F. The molecule has 4 aliphatic rings. The lowest BCUT2D eigenvalue weighted by Crippen LogP contribution is -2.40. The molecule has 3 fully saturated rings. The number of nitrogens with one attached hydrogen (secondary N) is 1. The van der Waals surface area contributed by atoms with Crippen LogP contribution in [0.4, 0.5) is 10.2 Å². The molecule has 8 heteroatoms. The van der Waals surface area contributed by atoms with Crippen LogP contribution in [0.15, 0.2) is 36.5 Å². The van der Waals surface area contributed by atoms with E-state index in [-0.39, 0.29) is 5.82 Å². The zero-order valence-electron chi connectivity index (χ0n) is 20.9. The van der Waals surface area contributed by atoms with E-state index in [4.69, 9.17) is 21.6 Å². The van der Waals surface area contributed by atoms with Crippen molar-refractivity contribution in [2.45, 2.75) is 52.0 Å². The third kappa shape index (κ3) is 3.99. The number of aromatic nitrogens is 5. The lowest BCUT2D eigenvalue weighted by atomic mass is 9.58. The number of anilines is 1. The van der Waals surface area contributed by atoms with Crippen molar-refractivity contribution in [1.82, 2.24) is 25.1 Å². The molecule has 0 saturated heterocycles. The summed E-state index contributed by atoms with van der Waals surface area (Å²) in [7, 11) is 0. The van der Waals surface area contributed by atoms with Crippen LogP contribution >= 0.6 is 11.6 Å². The summed E-state index contributed by atoms with van der Waals surface area (Å²) < 4.78 is 16.3. The number of hydrogen-bond donors (Lipinski definition) is 1. The Morgan fingerprint density at radius 2 is 1.86 bits per heavy atom. The summed E-state index contributed by atoms with van der Waals surface area (Å²) in [6.45, 7) is 3.70. The molecule has 2 bridgehead atoms. The van der Waals surface area contributed by atoms with Crippen molar-refractivity contribution < 1.29 is 4.39 Å². The number of benzene rings is 1. The maximum atomic E-state index is 16.3. The van der Waals surface area contributed by atoms with Crippen LogP contribution in [0.1, 0.15) is 49.4 Å². The van der Waals surface area contributed by atoms with Crippen LogP contribution in [0.5, 0.6) is 0 Å². The average molecular weight is 517 g/mol. The van der Waals surface area contributed by atoms with E-state index in [0.717, 1.165) is 17.7 Å². The number of pyridine rings is 1. The molecule has 1 N–H and O–H groups in total. The maximum Gasteiger partial charge on any atom is 0.187 e. The summed E-state index contributed by atoms with van der Waals surface area (Å²) in [5.41, 5.74) is 4.22. The third-order valence-electron chi connectivity index (χ3n) is 9.20. The number of rotatable bonds is 4. The number of H-pyrrole nitrogens is 1. The fraction of sp³-hybridized carbons (Fsp3) is 0.448. The molecule has 1 aromatic carbocycles. The number of aromatic amines is 1. The van der Waals surface area contributed by atoms with E-state index in [9.17, 15) is 0 Å². The van der Waals surface area contributed by atoms with Gasteiger partial charge in [-0.05, 0) is 79.4 Å². The van der Waals surface area contributed by atoms with Crippen LogP contribution in [0.2, 0.25) is 5.02 Å².